The molecule has 0 aromatic heterocycles. The van der Waals surface area contributed by atoms with Crippen LogP contribution in [0.4, 0.5) is 0 Å². The topological polar surface area (TPSA) is 41.5 Å². The molecule has 0 fully saturated rings. The van der Waals surface area contributed by atoms with E-state index in [0.717, 1.165) is 6.54 Å². The number of hydrogen-bond acceptors (Lipinski definition) is 4. The number of rotatable bonds is 11. The zero-order valence-corrected chi connectivity index (χ0v) is 10.8. The molecular weight excluding hydrogens is 210 g/mol. The molecule has 4 heteroatoms. The van der Waals surface area contributed by atoms with E-state index in [4.69, 9.17) is 4.74 Å². The van der Waals surface area contributed by atoms with Crippen LogP contribution in [0.3, 0.4) is 0 Å². The van der Waals surface area contributed by atoms with Gasteiger partial charge in [0.1, 0.15) is 0 Å². The van der Waals surface area contributed by atoms with Gasteiger partial charge in [-0.05, 0) is 38.3 Å². The maximum Gasteiger partial charge on any atom is 0.0897 e. The molecule has 1 unspecified atom stereocenters. The van der Waals surface area contributed by atoms with Crippen LogP contribution in [-0.4, -0.2) is 49.5 Å². The number of aliphatic hydroxyl groups excluding tert-OH is 1. The monoisotopic (exact) mass is 235 g/mol. The Bertz CT molecular complexity index is 125. The van der Waals surface area contributed by atoms with Crippen molar-refractivity contribution in [3.05, 3.63) is 0 Å². The first-order valence-corrected chi connectivity index (χ1v) is 7.16. The number of thioether (sulfide) groups is 1. The molecule has 0 aliphatic carbocycles. The fourth-order valence-corrected chi connectivity index (χ4v) is 1.75. The third-order valence-electron chi connectivity index (χ3n) is 2.10. The summed E-state index contributed by atoms with van der Waals surface area (Å²) in [7, 11) is 0. The van der Waals surface area contributed by atoms with Gasteiger partial charge in [0, 0.05) is 13.2 Å². The molecule has 0 heterocycles. The van der Waals surface area contributed by atoms with E-state index in [1.807, 2.05) is 18.7 Å². The minimum atomic E-state index is -0.365. The van der Waals surface area contributed by atoms with Crippen LogP contribution < -0.4 is 5.32 Å². The van der Waals surface area contributed by atoms with Gasteiger partial charge in [0.2, 0.25) is 0 Å². The van der Waals surface area contributed by atoms with E-state index in [2.05, 4.69) is 11.6 Å². The fraction of sp³-hybridized carbons (Fsp3) is 1.00. The van der Waals surface area contributed by atoms with Gasteiger partial charge in [-0.3, -0.25) is 0 Å². The normalized spacial score (nSPS) is 13.0. The molecule has 15 heavy (non-hydrogen) atoms. The van der Waals surface area contributed by atoms with Gasteiger partial charge in [-0.15, -0.1) is 0 Å². The number of hydrogen-bond donors (Lipinski definition) is 2. The first-order chi connectivity index (χ1) is 7.31. The first kappa shape index (κ1) is 15.2. The Morgan fingerprint density at radius 3 is 2.80 bits per heavy atom. The van der Waals surface area contributed by atoms with Crippen LogP contribution in [0.5, 0.6) is 0 Å². The van der Waals surface area contributed by atoms with E-state index in [0.29, 0.717) is 19.8 Å². The fourth-order valence-electron chi connectivity index (χ4n) is 1.25. The SMILES string of the molecule is CCOCC(O)CNCCCCCSC. The Morgan fingerprint density at radius 1 is 1.33 bits per heavy atom. The minimum absolute atomic E-state index is 0.365. The summed E-state index contributed by atoms with van der Waals surface area (Å²) in [6.07, 6.45) is 5.54. The highest BCUT2D eigenvalue weighted by Gasteiger charge is 2.01. The van der Waals surface area contributed by atoms with E-state index in [-0.39, 0.29) is 6.10 Å². The summed E-state index contributed by atoms with van der Waals surface area (Å²) < 4.78 is 5.11. The van der Waals surface area contributed by atoms with Crippen molar-refractivity contribution in [2.45, 2.75) is 32.3 Å². The van der Waals surface area contributed by atoms with Gasteiger partial charge < -0.3 is 15.2 Å². The molecule has 0 amide bonds. The van der Waals surface area contributed by atoms with Crippen molar-refractivity contribution in [2.75, 3.05) is 38.3 Å². The number of unbranched alkanes of at least 4 members (excludes halogenated alkanes) is 2. The minimum Gasteiger partial charge on any atom is -0.389 e. The Kier molecular flexibility index (Phi) is 12.5. The van der Waals surface area contributed by atoms with Crippen molar-refractivity contribution >= 4 is 11.8 Å². The van der Waals surface area contributed by atoms with Gasteiger partial charge >= 0.3 is 0 Å². The highest BCUT2D eigenvalue weighted by molar-refractivity contribution is 7.98. The molecular formula is C11H25NO2S. The Labute approximate surface area is 98.0 Å². The van der Waals surface area contributed by atoms with Crippen LogP contribution in [0.1, 0.15) is 26.2 Å². The van der Waals surface area contributed by atoms with Crippen LogP contribution in [0, 0.1) is 0 Å². The third-order valence-corrected chi connectivity index (χ3v) is 2.79. The largest absolute Gasteiger partial charge is 0.389 e. The van der Waals surface area contributed by atoms with Crippen LogP contribution in [-0.2, 0) is 4.74 Å². The average molecular weight is 235 g/mol. The van der Waals surface area contributed by atoms with Crippen molar-refractivity contribution in [1.82, 2.24) is 5.32 Å². The summed E-state index contributed by atoms with van der Waals surface area (Å²) in [5, 5.41) is 12.7. The van der Waals surface area contributed by atoms with E-state index < -0.39 is 0 Å². The quantitative estimate of drug-likeness (QED) is 0.533. The second-order valence-electron chi connectivity index (χ2n) is 3.57. The van der Waals surface area contributed by atoms with Crippen molar-refractivity contribution in [3.63, 3.8) is 0 Å². The summed E-state index contributed by atoms with van der Waals surface area (Å²) in [5.41, 5.74) is 0. The van der Waals surface area contributed by atoms with Gasteiger partial charge in [0.15, 0.2) is 0 Å². The molecule has 92 valence electrons. The second kappa shape index (κ2) is 12.3. The maximum absolute atomic E-state index is 9.43. The molecule has 0 saturated heterocycles. The molecule has 0 aromatic rings. The Hall–Kier alpha value is 0.230. The predicted octanol–water partition coefficient (Wildman–Crippen LogP) is 1.51. The Balaban J connectivity index is 3.02. The second-order valence-corrected chi connectivity index (χ2v) is 4.56. The lowest BCUT2D eigenvalue weighted by atomic mass is 10.2. The molecule has 0 aliphatic heterocycles. The zero-order chi connectivity index (χ0) is 11.4. The Morgan fingerprint density at radius 2 is 2.13 bits per heavy atom. The van der Waals surface area contributed by atoms with Crippen molar-refractivity contribution < 1.29 is 9.84 Å². The van der Waals surface area contributed by atoms with Crippen LogP contribution in [0.15, 0.2) is 0 Å². The zero-order valence-electron chi connectivity index (χ0n) is 10.00. The lowest BCUT2D eigenvalue weighted by Gasteiger charge is -2.11. The number of aliphatic hydroxyl groups is 1. The number of ether oxygens (including phenoxy) is 1. The molecule has 0 spiro atoms. The van der Waals surface area contributed by atoms with E-state index in [1.165, 1.54) is 25.0 Å². The maximum atomic E-state index is 9.43. The van der Waals surface area contributed by atoms with Crippen LogP contribution in [0.25, 0.3) is 0 Å². The molecule has 0 radical (unpaired) electrons. The highest BCUT2D eigenvalue weighted by atomic mass is 32.2. The third kappa shape index (κ3) is 12.2. The summed E-state index contributed by atoms with van der Waals surface area (Å²) in [6.45, 7) is 4.69. The summed E-state index contributed by atoms with van der Waals surface area (Å²) in [6, 6.07) is 0. The van der Waals surface area contributed by atoms with Gasteiger partial charge in [0.05, 0.1) is 12.7 Å². The molecule has 1 atom stereocenters. The van der Waals surface area contributed by atoms with Crippen LogP contribution >= 0.6 is 11.8 Å². The van der Waals surface area contributed by atoms with Crippen molar-refractivity contribution in [1.29, 1.82) is 0 Å². The molecule has 0 rings (SSSR count). The molecule has 0 aliphatic rings. The lowest BCUT2D eigenvalue weighted by molar-refractivity contribution is 0.0429. The summed E-state index contributed by atoms with van der Waals surface area (Å²) >= 11 is 1.90. The first-order valence-electron chi connectivity index (χ1n) is 5.76. The van der Waals surface area contributed by atoms with Gasteiger partial charge in [-0.2, -0.15) is 11.8 Å². The van der Waals surface area contributed by atoms with Gasteiger partial charge in [-0.25, -0.2) is 0 Å². The van der Waals surface area contributed by atoms with E-state index in [9.17, 15) is 5.11 Å². The molecule has 0 aromatic carbocycles. The molecule has 0 bridgehead atoms. The lowest BCUT2D eigenvalue weighted by Crippen LogP contribution is -2.31. The number of nitrogens with one attached hydrogen (secondary N) is 1. The summed E-state index contributed by atoms with van der Waals surface area (Å²) in [5.74, 6) is 1.26. The van der Waals surface area contributed by atoms with E-state index in [1.54, 1.807) is 0 Å². The summed E-state index contributed by atoms with van der Waals surface area (Å²) in [4.78, 5) is 0. The average Bonchev–Trinajstić information content (AvgIpc) is 2.25. The molecule has 0 saturated carbocycles. The van der Waals surface area contributed by atoms with Gasteiger partial charge in [0.25, 0.3) is 0 Å². The highest BCUT2D eigenvalue weighted by Crippen LogP contribution is 2.01. The molecule has 2 N–H and O–H groups in total. The predicted molar refractivity (Wildman–Crippen MR) is 67.6 cm³/mol. The van der Waals surface area contributed by atoms with Crippen molar-refractivity contribution in [2.24, 2.45) is 0 Å². The van der Waals surface area contributed by atoms with Gasteiger partial charge in [-0.1, -0.05) is 6.42 Å². The van der Waals surface area contributed by atoms with E-state index >= 15 is 0 Å². The standard InChI is InChI=1S/C11H25NO2S/c1-3-14-10-11(13)9-12-7-5-4-6-8-15-2/h11-13H,3-10H2,1-2H3. The molecule has 3 nitrogen and oxygen atoms in total. The smallest absolute Gasteiger partial charge is 0.0897 e. The van der Waals surface area contributed by atoms with Crippen molar-refractivity contribution in [3.8, 4) is 0 Å². The van der Waals surface area contributed by atoms with Crippen LogP contribution in [0.2, 0.25) is 0 Å².